The number of carboxylic acids is 1. The van der Waals surface area contributed by atoms with E-state index >= 15 is 0 Å². The third kappa shape index (κ3) is 4.45. The largest absolute Gasteiger partial charge is 0.481 e. The summed E-state index contributed by atoms with van der Waals surface area (Å²) < 4.78 is 0. The van der Waals surface area contributed by atoms with Crippen LogP contribution in [0.2, 0.25) is 0 Å². The van der Waals surface area contributed by atoms with E-state index in [1.54, 1.807) is 0 Å². The van der Waals surface area contributed by atoms with E-state index < -0.39 is 5.97 Å². The van der Waals surface area contributed by atoms with Crippen LogP contribution in [0.3, 0.4) is 0 Å². The van der Waals surface area contributed by atoms with Gasteiger partial charge in [0.25, 0.3) is 0 Å². The smallest absolute Gasteiger partial charge is 0.303 e. The minimum Gasteiger partial charge on any atom is -0.481 e. The Morgan fingerprint density at radius 3 is 2.71 bits per heavy atom. The van der Waals surface area contributed by atoms with Crippen molar-refractivity contribution in [3.63, 3.8) is 0 Å². The highest BCUT2D eigenvalue weighted by Crippen LogP contribution is 2.41. The Balaban J connectivity index is 1.93. The van der Waals surface area contributed by atoms with Crippen molar-refractivity contribution in [1.29, 1.82) is 0 Å². The van der Waals surface area contributed by atoms with E-state index in [0.717, 1.165) is 18.5 Å². The average molecular weight is 295 g/mol. The third-order valence-electron chi connectivity index (χ3n) is 5.91. The van der Waals surface area contributed by atoms with E-state index in [0.29, 0.717) is 23.7 Å². The summed E-state index contributed by atoms with van der Waals surface area (Å²) in [5.41, 5.74) is 0.502. The maximum atomic E-state index is 10.9. The van der Waals surface area contributed by atoms with Gasteiger partial charge in [-0.05, 0) is 61.8 Å². The Morgan fingerprint density at radius 2 is 2.10 bits per heavy atom. The highest BCUT2D eigenvalue weighted by Gasteiger charge is 2.37. The molecule has 2 fully saturated rings. The molecule has 122 valence electrons. The monoisotopic (exact) mass is 295 g/mol. The minimum atomic E-state index is -0.646. The highest BCUT2D eigenvalue weighted by atomic mass is 16.4. The van der Waals surface area contributed by atoms with Crippen molar-refractivity contribution >= 4 is 5.97 Å². The Morgan fingerprint density at radius 1 is 1.38 bits per heavy atom. The lowest BCUT2D eigenvalue weighted by atomic mass is 9.69. The second kappa shape index (κ2) is 6.68. The van der Waals surface area contributed by atoms with Gasteiger partial charge in [0.15, 0.2) is 0 Å². The van der Waals surface area contributed by atoms with Gasteiger partial charge < -0.3 is 5.11 Å². The van der Waals surface area contributed by atoms with Crippen molar-refractivity contribution in [3.05, 3.63) is 0 Å². The first-order valence-corrected chi connectivity index (χ1v) is 8.74. The molecule has 1 aliphatic heterocycles. The Kier molecular flexibility index (Phi) is 5.34. The second-order valence-electron chi connectivity index (χ2n) is 8.42. The predicted octanol–water partition coefficient (Wildman–Crippen LogP) is 4.02. The average Bonchev–Trinajstić information content (AvgIpc) is 2.37. The van der Waals surface area contributed by atoms with Crippen molar-refractivity contribution in [1.82, 2.24) is 4.90 Å². The summed E-state index contributed by atoms with van der Waals surface area (Å²) in [7, 11) is 0. The molecule has 0 aromatic carbocycles. The number of likely N-dealkylation sites (tertiary alicyclic amines) is 1. The van der Waals surface area contributed by atoms with Gasteiger partial charge in [-0.25, -0.2) is 0 Å². The Hall–Kier alpha value is -0.570. The maximum absolute atomic E-state index is 10.9. The molecular formula is C18H33NO2. The summed E-state index contributed by atoms with van der Waals surface area (Å²) in [6.07, 6.45) is 6.73. The molecule has 1 aliphatic carbocycles. The first kappa shape index (κ1) is 16.8. The van der Waals surface area contributed by atoms with Crippen molar-refractivity contribution < 1.29 is 9.90 Å². The number of aliphatic carboxylic acids is 1. The van der Waals surface area contributed by atoms with Gasteiger partial charge in [0.2, 0.25) is 0 Å². The van der Waals surface area contributed by atoms with Crippen LogP contribution in [-0.4, -0.2) is 35.1 Å². The van der Waals surface area contributed by atoms with Crippen molar-refractivity contribution in [2.24, 2.45) is 23.2 Å². The van der Waals surface area contributed by atoms with Gasteiger partial charge in [-0.15, -0.1) is 0 Å². The van der Waals surface area contributed by atoms with Crippen LogP contribution < -0.4 is 0 Å². The topological polar surface area (TPSA) is 40.5 Å². The molecule has 1 saturated carbocycles. The van der Waals surface area contributed by atoms with Crippen molar-refractivity contribution in [3.8, 4) is 0 Å². The summed E-state index contributed by atoms with van der Waals surface area (Å²) in [5.74, 6) is 0.993. The van der Waals surface area contributed by atoms with Gasteiger partial charge in [-0.1, -0.05) is 27.7 Å². The van der Waals surface area contributed by atoms with Crippen LogP contribution in [0.4, 0.5) is 0 Å². The van der Waals surface area contributed by atoms with Gasteiger partial charge >= 0.3 is 5.97 Å². The van der Waals surface area contributed by atoms with Gasteiger partial charge in [-0.2, -0.15) is 0 Å². The van der Waals surface area contributed by atoms with Gasteiger partial charge in [0.05, 0.1) is 0 Å². The van der Waals surface area contributed by atoms with Crippen molar-refractivity contribution in [2.45, 2.75) is 72.3 Å². The molecule has 1 heterocycles. The molecule has 4 atom stereocenters. The lowest BCUT2D eigenvalue weighted by Gasteiger charge is -2.47. The van der Waals surface area contributed by atoms with Crippen LogP contribution in [0.15, 0.2) is 0 Å². The molecule has 0 aromatic heterocycles. The lowest BCUT2D eigenvalue weighted by Crippen LogP contribution is -2.49. The van der Waals surface area contributed by atoms with E-state index in [4.69, 9.17) is 5.11 Å². The molecular weight excluding hydrogens is 262 g/mol. The zero-order valence-corrected chi connectivity index (χ0v) is 14.3. The molecule has 0 bridgehead atoms. The summed E-state index contributed by atoms with van der Waals surface area (Å²) in [4.78, 5) is 13.6. The summed E-state index contributed by atoms with van der Waals surface area (Å²) in [6.45, 7) is 11.7. The molecule has 4 unspecified atom stereocenters. The van der Waals surface area contributed by atoms with Gasteiger partial charge in [0.1, 0.15) is 0 Å². The van der Waals surface area contributed by atoms with E-state index in [2.05, 4.69) is 32.6 Å². The molecule has 21 heavy (non-hydrogen) atoms. The zero-order chi connectivity index (χ0) is 15.6. The number of carboxylic acid groups (broad SMARTS) is 1. The number of piperidine rings is 1. The third-order valence-corrected chi connectivity index (χ3v) is 5.91. The number of hydrogen-bond acceptors (Lipinski definition) is 2. The standard InChI is InChI=1S/C18H33NO2/c1-13(10-17(20)21)15-6-5-9-19(12-15)16-7-8-18(3,4)11-14(16)2/h13-16H,5-12H2,1-4H3,(H,20,21). The van der Waals surface area contributed by atoms with Crippen LogP contribution in [0.1, 0.15) is 66.2 Å². The molecule has 3 nitrogen and oxygen atoms in total. The first-order chi connectivity index (χ1) is 9.78. The number of rotatable bonds is 4. The molecule has 0 aromatic rings. The van der Waals surface area contributed by atoms with Gasteiger partial charge in [0, 0.05) is 19.0 Å². The normalized spacial score (nSPS) is 35.3. The molecule has 2 rings (SSSR count). The summed E-state index contributed by atoms with van der Waals surface area (Å²) in [6, 6.07) is 0.720. The van der Waals surface area contributed by atoms with E-state index in [1.165, 1.54) is 38.6 Å². The molecule has 1 N–H and O–H groups in total. The first-order valence-electron chi connectivity index (χ1n) is 8.74. The van der Waals surface area contributed by atoms with Crippen LogP contribution in [0.25, 0.3) is 0 Å². The number of nitrogens with zero attached hydrogens (tertiary/aromatic N) is 1. The summed E-state index contributed by atoms with van der Waals surface area (Å²) in [5, 5.41) is 9.02. The van der Waals surface area contributed by atoms with Crippen LogP contribution in [0.5, 0.6) is 0 Å². The number of carbonyl (C=O) groups is 1. The molecule has 1 saturated heterocycles. The molecule has 2 aliphatic rings. The second-order valence-corrected chi connectivity index (χ2v) is 8.42. The van der Waals surface area contributed by atoms with E-state index in [9.17, 15) is 4.79 Å². The fraction of sp³-hybridized carbons (Fsp3) is 0.944. The fourth-order valence-electron chi connectivity index (χ4n) is 4.72. The maximum Gasteiger partial charge on any atom is 0.303 e. The SMILES string of the molecule is CC(CC(=O)O)C1CCCN(C2CCC(C)(C)CC2C)C1. The quantitative estimate of drug-likeness (QED) is 0.851. The van der Waals surface area contributed by atoms with Crippen molar-refractivity contribution in [2.75, 3.05) is 13.1 Å². The Labute approximate surface area is 130 Å². The fourth-order valence-corrected chi connectivity index (χ4v) is 4.72. The molecule has 0 spiro atoms. The van der Waals surface area contributed by atoms with Crippen LogP contribution in [-0.2, 0) is 4.79 Å². The lowest BCUT2D eigenvalue weighted by molar-refractivity contribution is -0.138. The highest BCUT2D eigenvalue weighted by molar-refractivity contribution is 5.67. The minimum absolute atomic E-state index is 0.306. The Bertz CT molecular complexity index is 366. The molecule has 3 heteroatoms. The molecule has 0 radical (unpaired) electrons. The predicted molar refractivity (Wildman–Crippen MR) is 86.3 cm³/mol. The zero-order valence-electron chi connectivity index (χ0n) is 14.3. The van der Waals surface area contributed by atoms with E-state index in [-0.39, 0.29) is 0 Å². The van der Waals surface area contributed by atoms with Crippen LogP contribution in [0, 0.1) is 23.2 Å². The van der Waals surface area contributed by atoms with Crippen LogP contribution >= 0.6 is 0 Å². The number of hydrogen-bond donors (Lipinski definition) is 1. The van der Waals surface area contributed by atoms with Gasteiger partial charge in [-0.3, -0.25) is 9.69 Å². The molecule has 0 amide bonds. The van der Waals surface area contributed by atoms with E-state index in [1.807, 2.05) is 0 Å². The summed E-state index contributed by atoms with van der Waals surface area (Å²) >= 11 is 0.